The van der Waals surface area contributed by atoms with Crippen LogP contribution >= 0.6 is 12.2 Å². The minimum Gasteiger partial charge on any atom is -0.389 e. The molecule has 0 saturated carbocycles. The zero-order valence-corrected chi connectivity index (χ0v) is 10.7. The van der Waals surface area contributed by atoms with Gasteiger partial charge in [-0.25, -0.2) is 4.68 Å². The van der Waals surface area contributed by atoms with Gasteiger partial charge in [0.05, 0.1) is 5.69 Å². The summed E-state index contributed by atoms with van der Waals surface area (Å²) < 4.78 is 38.8. The predicted octanol–water partition coefficient (Wildman–Crippen LogP) is 2.83. The lowest BCUT2D eigenvalue weighted by Crippen LogP contribution is -2.15. The van der Waals surface area contributed by atoms with Gasteiger partial charge in [0, 0.05) is 11.8 Å². The fraction of sp³-hybridized carbons (Fsp3) is 0.167. The Bertz CT molecular complexity index is 631. The molecule has 3 nitrogen and oxygen atoms in total. The Labute approximate surface area is 112 Å². The third-order valence-electron chi connectivity index (χ3n) is 2.61. The van der Waals surface area contributed by atoms with Crippen molar-refractivity contribution < 1.29 is 13.2 Å². The first-order chi connectivity index (χ1) is 8.80. The summed E-state index contributed by atoms with van der Waals surface area (Å²) in [5, 5.41) is 3.53. The van der Waals surface area contributed by atoms with Gasteiger partial charge in [-0.3, -0.25) is 0 Å². The maximum atomic E-state index is 12.6. The van der Waals surface area contributed by atoms with Crippen molar-refractivity contribution in [2.24, 2.45) is 5.73 Å². The quantitative estimate of drug-likeness (QED) is 0.863. The molecule has 2 rings (SSSR count). The first-order valence-corrected chi connectivity index (χ1v) is 5.74. The molecule has 0 radical (unpaired) electrons. The average molecular weight is 285 g/mol. The number of alkyl halides is 3. The second-order valence-corrected chi connectivity index (χ2v) is 4.42. The minimum atomic E-state index is -4.47. The maximum Gasteiger partial charge on any atom is 0.435 e. The standard InChI is InChI=1S/C12H10F3N3S/c1-7-3-2-4-8(11(16)19)10(7)18-6-5-9(17-18)12(13,14)15/h2-6H,1H3,(H2,16,19). The van der Waals surface area contributed by atoms with Crippen LogP contribution in [0, 0.1) is 6.92 Å². The van der Waals surface area contributed by atoms with Gasteiger partial charge < -0.3 is 5.73 Å². The van der Waals surface area contributed by atoms with Crippen molar-refractivity contribution in [1.29, 1.82) is 0 Å². The van der Waals surface area contributed by atoms with Gasteiger partial charge in [0.15, 0.2) is 5.69 Å². The van der Waals surface area contributed by atoms with Crippen LogP contribution in [-0.4, -0.2) is 14.8 Å². The summed E-state index contributed by atoms with van der Waals surface area (Å²) in [5.74, 6) is 0. The number of hydrogen-bond donors (Lipinski definition) is 1. The smallest absolute Gasteiger partial charge is 0.389 e. The summed E-state index contributed by atoms with van der Waals surface area (Å²) in [6, 6.07) is 6.06. The Balaban J connectivity index is 2.59. The molecule has 1 aromatic carbocycles. The number of halogens is 3. The van der Waals surface area contributed by atoms with Crippen LogP contribution in [0.2, 0.25) is 0 Å². The summed E-state index contributed by atoms with van der Waals surface area (Å²) >= 11 is 4.90. The summed E-state index contributed by atoms with van der Waals surface area (Å²) in [4.78, 5) is 0.114. The molecule has 2 aromatic rings. The molecule has 1 heterocycles. The Morgan fingerprint density at radius 3 is 2.53 bits per heavy atom. The molecule has 100 valence electrons. The molecule has 0 aliphatic heterocycles. The van der Waals surface area contributed by atoms with Gasteiger partial charge >= 0.3 is 6.18 Å². The number of para-hydroxylation sites is 1. The summed E-state index contributed by atoms with van der Waals surface area (Å²) in [6.07, 6.45) is -3.23. The first kappa shape index (κ1) is 13.5. The highest BCUT2D eigenvalue weighted by atomic mass is 32.1. The van der Waals surface area contributed by atoms with Gasteiger partial charge in [-0.1, -0.05) is 24.4 Å². The van der Waals surface area contributed by atoms with E-state index in [9.17, 15) is 13.2 Å². The van der Waals surface area contributed by atoms with Gasteiger partial charge in [0.2, 0.25) is 0 Å². The van der Waals surface area contributed by atoms with Crippen molar-refractivity contribution in [3.05, 3.63) is 47.3 Å². The molecule has 0 amide bonds. The SMILES string of the molecule is Cc1cccc(C(N)=S)c1-n1ccc(C(F)(F)F)n1. The van der Waals surface area contributed by atoms with Gasteiger partial charge in [-0.05, 0) is 24.6 Å². The third kappa shape index (κ3) is 2.60. The van der Waals surface area contributed by atoms with Crippen LogP contribution in [0.1, 0.15) is 16.8 Å². The highest BCUT2D eigenvalue weighted by Gasteiger charge is 2.33. The molecule has 7 heteroatoms. The molecule has 0 spiro atoms. The van der Waals surface area contributed by atoms with E-state index in [0.717, 1.165) is 16.3 Å². The van der Waals surface area contributed by atoms with Crippen molar-refractivity contribution in [2.75, 3.05) is 0 Å². The average Bonchev–Trinajstić information content (AvgIpc) is 2.77. The summed E-state index contributed by atoms with van der Waals surface area (Å²) in [7, 11) is 0. The Kier molecular flexibility index (Phi) is 3.32. The normalized spacial score (nSPS) is 11.6. The second-order valence-electron chi connectivity index (χ2n) is 3.98. The Morgan fingerprint density at radius 2 is 2.00 bits per heavy atom. The van der Waals surface area contributed by atoms with Crippen LogP contribution in [-0.2, 0) is 6.18 Å². The van der Waals surface area contributed by atoms with Gasteiger partial charge in [0.1, 0.15) is 4.99 Å². The third-order valence-corrected chi connectivity index (χ3v) is 2.83. The summed E-state index contributed by atoms with van der Waals surface area (Å²) in [5.41, 5.74) is 6.32. The Hall–Kier alpha value is -1.89. The van der Waals surface area contributed by atoms with E-state index >= 15 is 0 Å². The number of nitrogens with zero attached hydrogens (tertiary/aromatic N) is 2. The van der Waals surface area contributed by atoms with E-state index in [1.165, 1.54) is 6.20 Å². The molecule has 0 saturated heterocycles. The molecule has 0 aliphatic carbocycles. The fourth-order valence-corrected chi connectivity index (χ4v) is 1.93. The summed E-state index contributed by atoms with van der Waals surface area (Å²) in [6.45, 7) is 1.76. The van der Waals surface area contributed by atoms with E-state index in [4.69, 9.17) is 18.0 Å². The number of nitrogens with two attached hydrogens (primary N) is 1. The molecule has 0 aliphatic rings. The van der Waals surface area contributed by atoms with E-state index < -0.39 is 11.9 Å². The molecule has 0 fully saturated rings. The first-order valence-electron chi connectivity index (χ1n) is 5.33. The topological polar surface area (TPSA) is 43.8 Å². The molecule has 19 heavy (non-hydrogen) atoms. The van der Waals surface area contributed by atoms with Gasteiger partial charge in [-0.15, -0.1) is 0 Å². The molecular formula is C12H10F3N3S. The van der Waals surface area contributed by atoms with Crippen LogP contribution in [0.3, 0.4) is 0 Å². The predicted molar refractivity (Wildman–Crippen MR) is 69.2 cm³/mol. The van der Waals surface area contributed by atoms with Crippen LogP contribution in [0.15, 0.2) is 30.5 Å². The Morgan fingerprint density at radius 1 is 1.32 bits per heavy atom. The van der Waals surface area contributed by atoms with Crippen molar-refractivity contribution in [3.8, 4) is 5.69 Å². The molecule has 0 bridgehead atoms. The maximum absolute atomic E-state index is 12.6. The van der Waals surface area contributed by atoms with E-state index in [2.05, 4.69) is 5.10 Å². The fourth-order valence-electron chi connectivity index (χ4n) is 1.76. The number of hydrogen-bond acceptors (Lipinski definition) is 2. The highest BCUT2D eigenvalue weighted by molar-refractivity contribution is 7.80. The van der Waals surface area contributed by atoms with Crippen LogP contribution < -0.4 is 5.73 Å². The number of aromatic nitrogens is 2. The van der Waals surface area contributed by atoms with E-state index in [0.29, 0.717) is 11.3 Å². The van der Waals surface area contributed by atoms with Crippen LogP contribution in [0.25, 0.3) is 5.69 Å². The number of benzene rings is 1. The van der Waals surface area contributed by atoms with E-state index in [1.54, 1.807) is 25.1 Å². The largest absolute Gasteiger partial charge is 0.435 e. The van der Waals surface area contributed by atoms with Gasteiger partial charge in [0.25, 0.3) is 0 Å². The molecule has 1 aromatic heterocycles. The molecular weight excluding hydrogens is 275 g/mol. The zero-order valence-electron chi connectivity index (χ0n) is 9.90. The second kappa shape index (κ2) is 4.65. The minimum absolute atomic E-state index is 0.114. The van der Waals surface area contributed by atoms with E-state index in [1.807, 2.05) is 0 Å². The highest BCUT2D eigenvalue weighted by Crippen LogP contribution is 2.28. The van der Waals surface area contributed by atoms with Crippen LogP contribution in [0.5, 0.6) is 0 Å². The van der Waals surface area contributed by atoms with Crippen LogP contribution in [0.4, 0.5) is 13.2 Å². The number of thiocarbonyl (C=S) groups is 1. The van der Waals surface area contributed by atoms with Crippen molar-refractivity contribution in [3.63, 3.8) is 0 Å². The van der Waals surface area contributed by atoms with Crippen molar-refractivity contribution >= 4 is 17.2 Å². The number of aryl methyl sites for hydroxylation is 1. The van der Waals surface area contributed by atoms with E-state index in [-0.39, 0.29) is 4.99 Å². The van der Waals surface area contributed by atoms with Crippen molar-refractivity contribution in [1.82, 2.24) is 9.78 Å². The lowest BCUT2D eigenvalue weighted by molar-refractivity contribution is -0.141. The molecule has 0 atom stereocenters. The zero-order chi connectivity index (χ0) is 14.2. The number of rotatable bonds is 2. The lowest BCUT2D eigenvalue weighted by Gasteiger charge is -2.11. The molecule has 2 N–H and O–H groups in total. The lowest BCUT2D eigenvalue weighted by atomic mass is 10.1. The van der Waals surface area contributed by atoms with Crippen molar-refractivity contribution in [2.45, 2.75) is 13.1 Å². The molecule has 0 unspecified atom stereocenters. The van der Waals surface area contributed by atoms with Gasteiger partial charge in [-0.2, -0.15) is 18.3 Å². The monoisotopic (exact) mass is 285 g/mol.